The van der Waals surface area contributed by atoms with Gasteiger partial charge in [-0.15, -0.1) is 0 Å². The Balaban J connectivity index is 1.76. The van der Waals surface area contributed by atoms with E-state index in [2.05, 4.69) is 30.9 Å². The third kappa shape index (κ3) is 6.13. The number of amides is 2. The van der Waals surface area contributed by atoms with E-state index in [4.69, 9.17) is 21.7 Å². The summed E-state index contributed by atoms with van der Waals surface area (Å²) in [5.74, 6) is 0.782. The molecule has 1 fully saturated rings. The summed E-state index contributed by atoms with van der Waals surface area (Å²) < 4.78 is 11.5. The quantitative estimate of drug-likeness (QED) is 0.238. The molecule has 0 unspecified atom stereocenters. The third-order valence-corrected chi connectivity index (χ3v) is 7.04. The van der Waals surface area contributed by atoms with Crippen LogP contribution in [0, 0.1) is 6.92 Å². The van der Waals surface area contributed by atoms with Crippen LogP contribution in [0.25, 0.3) is 6.08 Å². The minimum absolute atomic E-state index is 0.136. The highest BCUT2D eigenvalue weighted by Gasteiger charge is 2.37. The van der Waals surface area contributed by atoms with E-state index in [0.29, 0.717) is 26.2 Å². The van der Waals surface area contributed by atoms with Gasteiger partial charge in [-0.2, -0.15) is 0 Å². The van der Waals surface area contributed by atoms with Gasteiger partial charge < -0.3 is 14.4 Å². The molecule has 7 nitrogen and oxygen atoms in total. The van der Waals surface area contributed by atoms with Crippen LogP contribution in [0.4, 0.5) is 5.69 Å². The number of nitrogens with zero attached hydrogens (tertiary/aromatic N) is 3. The van der Waals surface area contributed by atoms with Crippen LogP contribution in [0.3, 0.4) is 0 Å². The number of carbonyl (C=O) groups is 2. The zero-order chi connectivity index (χ0) is 27.1. The molecule has 0 aromatic heterocycles. The lowest BCUT2D eigenvalue weighted by molar-refractivity contribution is -0.133. The van der Waals surface area contributed by atoms with Gasteiger partial charge in [0.2, 0.25) is 0 Å². The van der Waals surface area contributed by atoms with Crippen LogP contribution < -0.4 is 14.4 Å². The molecule has 1 saturated heterocycles. The molecule has 2 aromatic carbocycles. The van der Waals surface area contributed by atoms with E-state index in [1.165, 1.54) is 15.4 Å². The smallest absolute Gasteiger partial charge is 0.265 e. The number of rotatable bonds is 11. The first kappa shape index (κ1) is 28.2. The van der Waals surface area contributed by atoms with Gasteiger partial charge in [0.25, 0.3) is 11.8 Å². The summed E-state index contributed by atoms with van der Waals surface area (Å²) in [6.45, 7) is 12.7. The van der Waals surface area contributed by atoms with Gasteiger partial charge in [-0.3, -0.25) is 19.4 Å². The first-order valence-electron chi connectivity index (χ1n) is 12.8. The van der Waals surface area contributed by atoms with Crippen molar-refractivity contribution >= 4 is 40.9 Å². The predicted molar refractivity (Wildman–Crippen MR) is 152 cm³/mol. The topological polar surface area (TPSA) is 62.3 Å². The number of methoxy groups -OCH3 is 1. The van der Waals surface area contributed by atoms with Crippen molar-refractivity contribution in [2.75, 3.05) is 44.8 Å². The summed E-state index contributed by atoms with van der Waals surface area (Å²) in [5.41, 5.74) is 4.19. The lowest BCUT2D eigenvalue weighted by Crippen LogP contribution is -2.55. The maximum atomic E-state index is 13.0. The first-order chi connectivity index (χ1) is 17.8. The van der Waals surface area contributed by atoms with E-state index in [-0.39, 0.29) is 22.5 Å². The molecule has 0 radical (unpaired) electrons. The monoisotopic (exact) mass is 523 g/mol. The van der Waals surface area contributed by atoms with Gasteiger partial charge in [-0.1, -0.05) is 19.1 Å². The van der Waals surface area contributed by atoms with Gasteiger partial charge in [-0.25, -0.2) is 0 Å². The van der Waals surface area contributed by atoms with E-state index < -0.39 is 0 Å². The Morgan fingerprint density at radius 2 is 1.62 bits per heavy atom. The van der Waals surface area contributed by atoms with Gasteiger partial charge in [0.1, 0.15) is 12.2 Å². The molecule has 3 rings (SSSR count). The van der Waals surface area contributed by atoms with E-state index in [1.54, 1.807) is 13.2 Å². The summed E-state index contributed by atoms with van der Waals surface area (Å²) >= 11 is 5.35. The normalized spacial score (nSPS) is 13.8. The van der Waals surface area contributed by atoms with Crippen LogP contribution in [-0.2, 0) is 16.0 Å². The van der Waals surface area contributed by atoms with Crippen LogP contribution >= 0.6 is 12.2 Å². The Bertz CT molecular complexity index is 1170. The van der Waals surface area contributed by atoms with Gasteiger partial charge in [0.15, 0.2) is 16.6 Å². The molecule has 0 atom stereocenters. The summed E-state index contributed by atoms with van der Waals surface area (Å²) in [6, 6.07) is 12.1. The average molecular weight is 524 g/mol. The Labute approximate surface area is 225 Å². The molecule has 8 heteroatoms. The number of likely N-dealkylation sites (N-methyl/N-ethyl adjacent to an activating group) is 3. The van der Waals surface area contributed by atoms with Crippen molar-refractivity contribution < 1.29 is 19.1 Å². The number of benzene rings is 2. The number of hydrogen-bond donors (Lipinski definition) is 0. The molecule has 1 aliphatic rings. The molecule has 2 aromatic rings. The Morgan fingerprint density at radius 3 is 2.16 bits per heavy atom. The second-order valence-electron chi connectivity index (χ2n) is 8.75. The lowest BCUT2D eigenvalue weighted by atomic mass is 10.0. The van der Waals surface area contributed by atoms with E-state index in [1.807, 2.05) is 45.0 Å². The average Bonchev–Trinajstić information content (AvgIpc) is 2.90. The molecule has 198 valence electrons. The van der Waals surface area contributed by atoms with Crippen molar-refractivity contribution in [1.29, 1.82) is 0 Å². The van der Waals surface area contributed by atoms with Gasteiger partial charge in [-0.05, 0) is 93.4 Å². The first-order valence-corrected chi connectivity index (χ1v) is 13.2. The van der Waals surface area contributed by atoms with Crippen molar-refractivity contribution in [3.05, 3.63) is 58.7 Å². The molecule has 1 heterocycles. The van der Waals surface area contributed by atoms with Crippen LogP contribution in [0.1, 0.15) is 44.4 Å². The maximum absolute atomic E-state index is 13.0. The van der Waals surface area contributed by atoms with Crippen molar-refractivity contribution in [3.63, 3.8) is 0 Å². The highest BCUT2D eigenvalue weighted by atomic mass is 32.1. The van der Waals surface area contributed by atoms with Crippen molar-refractivity contribution in [1.82, 2.24) is 9.80 Å². The highest BCUT2D eigenvalue weighted by molar-refractivity contribution is 7.80. The molecule has 0 aliphatic carbocycles. The molecular formula is C29H37N3O4S. The van der Waals surface area contributed by atoms with Crippen LogP contribution in [-0.4, -0.2) is 66.6 Å². The number of thiocarbonyl (C=S) groups is 1. The van der Waals surface area contributed by atoms with E-state index in [9.17, 15) is 9.59 Å². The van der Waals surface area contributed by atoms with Gasteiger partial charge >= 0.3 is 0 Å². The SMILES string of the molecule is CCc1ccc(OCCN(CC)c2ccc(C=C3C(=O)N(CC)C(=S)N(CC)C3=O)c(C)c2)c(OC)c1. The summed E-state index contributed by atoms with van der Waals surface area (Å²) in [7, 11) is 1.65. The fraction of sp³-hybridized carbons (Fsp3) is 0.414. The number of ether oxygens (including phenoxy) is 2. The van der Waals surface area contributed by atoms with Crippen LogP contribution in [0.15, 0.2) is 42.0 Å². The molecule has 2 amide bonds. The standard InChI is InChI=1S/C29H37N3O4S/c1-7-21-11-14-25(26(18-21)35-6)36-16-15-30(8-2)23-13-12-22(20(5)17-23)19-24-27(33)31(9-3)29(37)32(10-4)28(24)34/h11-14,17-19H,7-10,15-16H2,1-6H3. The molecule has 0 N–H and O–H groups in total. The maximum Gasteiger partial charge on any atom is 0.265 e. The van der Waals surface area contributed by atoms with Gasteiger partial charge in [0.05, 0.1) is 13.7 Å². The van der Waals surface area contributed by atoms with Crippen LogP contribution in [0.5, 0.6) is 11.5 Å². The third-order valence-electron chi connectivity index (χ3n) is 6.60. The molecule has 0 spiro atoms. The Morgan fingerprint density at radius 1 is 0.946 bits per heavy atom. The molecular weight excluding hydrogens is 486 g/mol. The molecule has 37 heavy (non-hydrogen) atoms. The Kier molecular flexibility index (Phi) is 9.69. The van der Waals surface area contributed by atoms with Crippen molar-refractivity contribution in [2.45, 2.75) is 41.0 Å². The zero-order valence-electron chi connectivity index (χ0n) is 22.7. The highest BCUT2D eigenvalue weighted by Crippen LogP contribution is 2.29. The van der Waals surface area contributed by atoms with Crippen LogP contribution in [0.2, 0.25) is 0 Å². The second-order valence-corrected chi connectivity index (χ2v) is 9.11. The Hall–Kier alpha value is -3.39. The summed E-state index contributed by atoms with van der Waals surface area (Å²) in [4.78, 5) is 31.1. The summed E-state index contributed by atoms with van der Waals surface area (Å²) in [5, 5.41) is 0.268. The lowest BCUT2D eigenvalue weighted by Gasteiger charge is -2.35. The largest absolute Gasteiger partial charge is 0.493 e. The fourth-order valence-corrected chi connectivity index (χ4v) is 4.77. The minimum atomic E-state index is -0.347. The number of hydrogen-bond acceptors (Lipinski definition) is 6. The molecule has 0 bridgehead atoms. The predicted octanol–water partition coefficient (Wildman–Crippen LogP) is 4.85. The number of aryl methyl sites for hydroxylation is 2. The molecule has 0 saturated carbocycles. The number of carbonyl (C=O) groups excluding carboxylic acids is 2. The fourth-order valence-electron chi connectivity index (χ4n) is 4.34. The summed E-state index contributed by atoms with van der Waals surface area (Å²) in [6.07, 6.45) is 2.62. The zero-order valence-corrected chi connectivity index (χ0v) is 23.5. The van der Waals surface area contributed by atoms with Crippen molar-refractivity contribution in [3.8, 4) is 11.5 Å². The second kappa shape index (κ2) is 12.7. The molecule has 1 aliphatic heterocycles. The minimum Gasteiger partial charge on any atom is -0.493 e. The van der Waals surface area contributed by atoms with Gasteiger partial charge in [0, 0.05) is 25.3 Å². The van der Waals surface area contributed by atoms with Crippen molar-refractivity contribution in [2.24, 2.45) is 0 Å². The van der Waals surface area contributed by atoms with E-state index in [0.717, 1.165) is 41.3 Å². The van der Waals surface area contributed by atoms with E-state index >= 15 is 0 Å². The number of anilines is 1.